The first kappa shape index (κ1) is 23.1. The minimum atomic E-state index is -1.06. The number of rotatable bonds is 5. The molecule has 192 valence electrons. The van der Waals surface area contributed by atoms with E-state index in [2.05, 4.69) is 10.4 Å². The molecule has 8 heteroatoms. The van der Waals surface area contributed by atoms with Crippen LogP contribution in [0.3, 0.4) is 0 Å². The fourth-order valence-corrected chi connectivity index (χ4v) is 6.17. The molecule has 1 aliphatic heterocycles. The molecule has 1 saturated heterocycles. The molecule has 2 heterocycles. The number of nitrogens with one attached hydrogen (secondary N) is 1. The molecule has 3 aromatic carbocycles. The number of aromatic nitrogens is 2. The van der Waals surface area contributed by atoms with Crippen molar-refractivity contribution in [1.82, 2.24) is 15.1 Å². The third kappa shape index (κ3) is 3.54. The molecule has 6 nitrogen and oxygen atoms in total. The van der Waals surface area contributed by atoms with E-state index in [0.717, 1.165) is 35.0 Å². The van der Waals surface area contributed by atoms with E-state index >= 15 is 0 Å². The Labute approximate surface area is 218 Å². The third-order valence-electron chi connectivity index (χ3n) is 8.29. The normalized spacial score (nSPS) is 26.6. The van der Waals surface area contributed by atoms with Crippen LogP contribution >= 0.6 is 0 Å². The van der Waals surface area contributed by atoms with Crippen molar-refractivity contribution in [3.63, 3.8) is 0 Å². The van der Waals surface area contributed by atoms with Crippen LogP contribution < -0.4 is 10.2 Å². The molecular weight excluding hydrogens is 486 g/mol. The molecule has 2 saturated carbocycles. The van der Waals surface area contributed by atoms with E-state index in [9.17, 15) is 18.4 Å². The number of benzene rings is 3. The Morgan fingerprint density at radius 1 is 0.974 bits per heavy atom. The quantitative estimate of drug-likeness (QED) is 0.396. The summed E-state index contributed by atoms with van der Waals surface area (Å²) in [7, 11) is 0. The zero-order valence-electron chi connectivity index (χ0n) is 20.6. The van der Waals surface area contributed by atoms with Gasteiger partial charge in [0.05, 0.1) is 34.9 Å². The highest BCUT2D eigenvalue weighted by Crippen LogP contribution is 2.57. The van der Waals surface area contributed by atoms with Crippen molar-refractivity contribution in [1.29, 1.82) is 0 Å². The molecule has 7 rings (SSSR count). The zero-order valence-corrected chi connectivity index (χ0v) is 20.6. The zero-order chi connectivity index (χ0) is 26.0. The fraction of sp³-hybridized carbons (Fsp3) is 0.300. The second-order valence-corrected chi connectivity index (χ2v) is 10.7. The second kappa shape index (κ2) is 8.48. The minimum absolute atomic E-state index is 0.0254. The highest BCUT2D eigenvalue weighted by molar-refractivity contribution is 6.04. The highest BCUT2D eigenvalue weighted by atomic mass is 19.1. The predicted molar refractivity (Wildman–Crippen MR) is 139 cm³/mol. The van der Waals surface area contributed by atoms with Crippen LogP contribution in [0.25, 0.3) is 16.6 Å². The molecule has 4 aromatic rings. The van der Waals surface area contributed by atoms with Gasteiger partial charge in [-0.2, -0.15) is 5.10 Å². The van der Waals surface area contributed by atoms with Gasteiger partial charge < -0.3 is 10.2 Å². The third-order valence-corrected chi connectivity index (χ3v) is 8.29. The highest BCUT2D eigenvalue weighted by Gasteiger charge is 2.66. The topological polar surface area (TPSA) is 67.2 Å². The maximum absolute atomic E-state index is 14.4. The number of nitrogens with zero attached hydrogens (tertiary/aromatic N) is 3. The molecular formula is C30H26F2N4O2. The molecule has 3 aliphatic rings. The van der Waals surface area contributed by atoms with Crippen LogP contribution in [0.2, 0.25) is 0 Å². The van der Waals surface area contributed by atoms with Crippen molar-refractivity contribution < 1.29 is 18.4 Å². The number of halogens is 2. The van der Waals surface area contributed by atoms with Gasteiger partial charge in [0.25, 0.3) is 0 Å². The molecule has 0 unspecified atom stereocenters. The summed E-state index contributed by atoms with van der Waals surface area (Å²) in [5.74, 6) is -0.562. The lowest BCUT2D eigenvalue weighted by Crippen LogP contribution is -2.56. The van der Waals surface area contributed by atoms with E-state index in [-0.39, 0.29) is 36.4 Å². The Balaban J connectivity index is 1.33. The summed E-state index contributed by atoms with van der Waals surface area (Å²) in [4.78, 5) is 28.9. The summed E-state index contributed by atoms with van der Waals surface area (Å²) in [6.07, 6.45) is 2.55. The number of hydrogen-bond donors (Lipinski definition) is 1. The Morgan fingerprint density at radius 3 is 2.37 bits per heavy atom. The van der Waals surface area contributed by atoms with Crippen molar-refractivity contribution in [2.45, 2.75) is 43.9 Å². The van der Waals surface area contributed by atoms with E-state index in [4.69, 9.17) is 0 Å². The molecule has 38 heavy (non-hydrogen) atoms. The maximum Gasteiger partial charge on any atom is 0.236 e. The summed E-state index contributed by atoms with van der Waals surface area (Å²) >= 11 is 0. The summed E-state index contributed by atoms with van der Waals surface area (Å²) in [5.41, 5.74) is 2.11. The summed E-state index contributed by atoms with van der Waals surface area (Å²) < 4.78 is 29.6. The lowest BCUT2D eigenvalue weighted by molar-refractivity contribution is -0.137. The number of hydrogen-bond acceptors (Lipinski definition) is 3. The number of alkyl halides is 1. The number of carbonyl (C=O) groups excluding carboxylic acids is 2. The van der Waals surface area contributed by atoms with Crippen LogP contribution in [0.5, 0.6) is 0 Å². The van der Waals surface area contributed by atoms with Crippen LogP contribution in [0.15, 0.2) is 79.0 Å². The van der Waals surface area contributed by atoms with Crippen LogP contribution in [0, 0.1) is 17.2 Å². The maximum atomic E-state index is 14.4. The van der Waals surface area contributed by atoms with Crippen LogP contribution in [0.4, 0.5) is 14.5 Å². The van der Waals surface area contributed by atoms with Gasteiger partial charge in [0.2, 0.25) is 11.8 Å². The molecule has 2 amide bonds. The first-order chi connectivity index (χ1) is 18.4. The summed E-state index contributed by atoms with van der Waals surface area (Å²) in [6, 6.07) is 20.4. The minimum Gasteiger partial charge on any atom is -0.350 e. The molecule has 1 aromatic heterocycles. The van der Waals surface area contributed by atoms with Gasteiger partial charge in [0, 0.05) is 17.0 Å². The SMILES string of the molecule is O=C(N[C@@H]1[C@@H](c2ccccc2)N(c2ccc3c(cnn3-c3ccc(F)cc3)c2)C(=O)C12CC(F)C2)C1CC1. The Kier molecular flexibility index (Phi) is 5.15. The van der Waals surface area contributed by atoms with E-state index in [1.54, 1.807) is 27.9 Å². The van der Waals surface area contributed by atoms with E-state index in [0.29, 0.717) is 5.69 Å². The second-order valence-electron chi connectivity index (χ2n) is 10.7. The summed E-state index contributed by atoms with van der Waals surface area (Å²) in [5, 5.41) is 8.48. The largest absolute Gasteiger partial charge is 0.350 e. The van der Waals surface area contributed by atoms with Crippen molar-refractivity contribution in [3.05, 3.63) is 90.4 Å². The van der Waals surface area contributed by atoms with Crippen molar-refractivity contribution in [2.75, 3.05) is 4.90 Å². The predicted octanol–water partition coefficient (Wildman–Crippen LogP) is 5.27. The van der Waals surface area contributed by atoms with E-state index < -0.39 is 23.7 Å². The van der Waals surface area contributed by atoms with Gasteiger partial charge in [0.1, 0.15) is 12.0 Å². The van der Waals surface area contributed by atoms with Crippen molar-refractivity contribution in [3.8, 4) is 5.69 Å². The van der Waals surface area contributed by atoms with E-state index in [1.165, 1.54) is 12.1 Å². The molecule has 2 aliphatic carbocycles. The lowest BCUT2D eigenvalue weighted by atomic mass is 9.62. The van der Waals surface area contributed by atoms with Gasteiger partial charge in [-0.15, -0.1) is 0 Å². The molecule has 0 bridgehead atoms. The van der Waals surface area contributed by atoms with Gasteiger partial charge in [0.15, 0.2) is 0 Å². The monoisotopic (exact) mass is 512 g/mol. The fourth-order valence-electron chi connectivity index (χ4n) is 6.17. The van der Waals surface area contributed by atoms with Gasteiger partial charge in [-0.3, -0.25) is 9.59 Å². The van der Waals surface area contributed by atoms with Gasteiger partial charge in [-0.25, -0.2) is 13.5 Å². The van der Waals surface area contributed by atoms with Crippen LogP contribution in [-0.2, 0) is 9.59 Å². The van der Waals surface area contributed by atoms with Gasteiger partial charge in [-0.05, 0) is 73.7 Å². The first-order valence-electron chi connectivity index (χ1n) is 13.0. The average Bonchev–Trinajstić information content (AvgIpc) is 3.64. The number of anilines is 1. The van der Waals surface area contributed by atoms with Crippen LogP contribution in [-0.4, -0.2) is 33.8 Å². The molecule has 1 N–H and O–H groups in total. The standard InChI is InChI=1S/C30H26F2N4O2/c31-21-8-10-23(11-9-21)36-25-13-12-24(14-20(25)17-33-36)35-26(18-4-2-1-3-5-18)27(34-28(37)19-6-7-19)30(29(35)38)15-22(32)16-30/h1-5,8-14,17,19,22,26-27H,6-7,15-16H2,(H,34,37)/t22?,26-,27-,30?/m1/s1. The van der Waals surface area contributed by atoms with E-state index in [1.807, 2.05) is 48.5 Å². The van der Waals surface area contributed by atoms with Crippen molar-refractivity contribution >= 4 is 28.4 Å². The van der Waals surface area contributed by atoms with Crippen molar-refractivity contribution in [2.24, 2.45) is 11.3 Å². The lowest BCUT2D eigenvalue weighted by Gasteiger charge is -2.43. The number of amides is 2. The molecule has 2 atom stereocenters. The number of carbonyl (C=O) groups is 2. The Morgan fingerprint density at radius 2 is 1.68 bits per heavy atom. The average molecular weight is 513 g/mol. The molecule has 3 fully saturated rings. The summed E-state index contributed by atoms with van der Waals surface area (Å²) in [6.45, 7) is 0. The molecule has 0 radical (unpaired) electrons. The Hall–Kier alpha value is -4.07. The van der Waals surface area contributed by atoms with Gasteiger partial charge >= 0.3 is 0 Å². The molecule has 1 spiro atoms. The number of fused-ring (bicyclic) bond motifs is 1. The Bertz CT molecular complexity index is 1540. The van der Waals surface area contributed by atoms with Crippen LogP contribution in [0.1, 0.15) is 37.3 Å². The first-order valence-corrected chi connectivity index (χ1v) is 13.0. The van der Waals surface area contributed by atoms with Gasteiger partial charge in [-0.1, -0.05) is 30.3 Å². The smallest absolute Gasteiger partial charge is 0.236 e.